The summed E-state index contributed by atoms with van der Waals surface area (Å²) in [6, 6.07) is 21.5. The molecule has 0 bridgehead atoms. The SMILES string of the molecule is CCN(Cc1cccs1)C(=O)c1ccc(OCc2ccccc2)cc1. The first-order valence-electron chi connectivity index (χ1n) is 8.34. The van der Waals surface area contributed by atoms with E-state index in [1.807, 2.05) is 77.9 Å². The largest absolute Gasteiger partial charge is 0.489 e. The zero-order valence-corrected chi connectivity index (χ0v) is 15.0. The molecule has 1 amide bonds. The number of benzene rings is 2. The summed E-state index contributed by atoms with van der Waals surface area (Å²) in [6.07, 6.45) is 0. The fourth-order valence-corrected chi connectivity index (χ4v) is 3.25. The summed E-state index contributed by atoms with van der Waals surface area (Å²) in [7, 11) is 0. The van der Waals surface area contributed by atoms with Gasteiger partial charge in [0.1, 0.15) is 12.4 Å². The van der Waals surface area contributed by atoms with Gasteiger partial charge in [0.2, 0.25) is 0 Å². The Kier molecular flexibility index (Phi) is 5.86. The summed E-state index contributed by atoms with van der Waals surface area (Å²) in [5, 5.41) is 2.03. The molecule has 0 saturated heterocycles. The van der Waals surface area contributed by atoms with Gasteiger partial charge in [-0.2, -0.15) is 0 Å². The molecule has 0 unspecified atom stereocenters. The van der Waals surface area contributed by atoms with Crippen molar-refractivity contribution in [2.75, 3.05) is 6.54 Å². The van der Waals surface area contributed by atoms with E-state index in [9.17, 15) is 4.79 Å². The van der Waals surface area contributed by atoms with Crippen LogP contribution < -0.4 is 4.74 Å². The lowest BCUT2D eigenvalue weighted by atomic mass is 10.2. The van der Waals surface area contributed by atoms with Crippen molar-refractivity contribution in [2.45, 2.75) is 20.1 Å². The molecule has 1 aromatic heterocycles. The normalized spacial score (nSPS) is 10.4. The fraction of sp³-hybridized carbons (Fsp3) is 0.190. The number of amides is 1. The molecule has 3 aromatic rings. The minimum atomic E-state index is 0.0468. The van der Waals surface area contributed by atoms with E-state index in [1.165, 1.54) is 4.88 Å². The van der Waals surface area contributed by atoms with Crippen molar-refractivity contribution >= 4 is 17.2 Å². The van der Waals surface area contributed by atoms with Crippen LogP contribution in [0, 0.1) is 0 Å². The van der Waals surface area contributed by atoms with Crippen LogP contribution in [0.4, 0.5) is 0 Å². The van der Waals surface area contributed by atoms with Crippen molar-refractivity contribution < 1.29 is 9.53 Å². The predicted octanol–water partition coefficient (Wildman–Crippen LogP) is 4.99. The molecule has 128 valence electrons. The monoisotopic (exact) mass is 351 g/mol. The summed E-state index contributed by atoms with van der Waals surface area (Å²) < 4.78 is 5.78. The Labute approximate surface area is 152 Å². The molecule has 3 rings (SSSR count). The van der Waals surface area contributed by atoms with Crippen LogP contribution in [0.15, 0.2) is 72.1 Å². The lowest BCUT2D eigenvalue weighted by Gasteiger charge is -2.20. The maximum Gasteiger partial charge on any atom is 0.254 e. The van der Waals surface area contributed by atoms with Crippen molar-refractivity contribution in [3.05, 3.63) is 88.1 Å². The Morgan fingerprint density at radius 1 is 1.00 bits per heavy atom. The number of carbonyl (C=O) groups excluding carboxylic acids is 1. The highest BCUT2D eigenvalue weighted by Gasteiger charge is 2.15. The highest BCUT2D eigenvalue weighted by atomic mass is 32.1. The van der Waals surface area contributed by atoms with E-state index in [0.717, 1.165) is 11.3 Å². The summed E-state index contributed by atoms with van der Waals surface area (Å²) in [4.78, 5) is 15.7. The lowest BCUT2D eigenvalue weighted by molar-refractivity contribution is 0.0754. The third-order valence-corrected chi connectivity index (χ3v) is 4.81. The summed E-state index contributed by atoms with van der Waals surface area (Å²) in [6.45, 7) is 3.86. The van der Waals surface area contributed by atoms with E-state index in [2.05, 4.69) is 6.07 Å². The van der Waals surface area contributed by atoms with Gasteiger partial charge in [0.25, 0.3) is 5.91 Å². The van der Waals surface area contributed by atoms with Crippen LogP contribution in [0.1, 0.15) is 27.7 Å². The maximum atomic E-state index is 12.7. The van der Waals surface area contributed by atoms with Crippen molar-refractivity contribution in [3.63, 3.8) is 0 Å². The van der Waals surface area contributed by atoms with Crippen molar-refractivity contribution in [2.24, 2.45) is 0 Å². The highest BCUT2D eigenvalue weighted by molar-refractivity contribution is 7.09. The minimum Gasteiger partial charge on any atom is -0.489 e. The number of ether oxygens (including phenoxy) is 1. The Hall–Kier alpha value is -2.59. The Balaban J connectivity index is 1.61. The molecule has 2 aromatic carbocycles. The first-order chi connectivity index (χ1) is 12.3. The number of carbonyl (C=O) groups is 1. The van der Waals surface area contributed by atoms with Crippen LogP contribution in [-0.2, 0) is 13.2 Å². The quantitative estimate of drug-likeness (QED) is 0.600. The van der Waals surface area contributed by atoms with Gasteiger partial charge in [-0.25, -0.2) is 0 Å². The summed E-state index contributed by atoms with van der Waals surface area (Å²) >= 11 is 1.67. The topological polar surface area (TPSA) is 29.5 Å². The van der Waals surface area contributed by atoms with Crippen LogP contribution in [0.25, 0.3) is 0 Å². The van der Waals surface area contributed by atoms with Gasteiger partial charge in [0, 0.05) is 17.0 Å². The standard InChI is InChI=1S/C21H21NO2S/c1-2-22(15-20-9-6-14-25-20)21(23)18-10-12-19(13-11-18)24-16-17-7-4-3-5-8-17/h3-14H,2,15-16H2,1H3. The number of rotatable bonds is 7. The third-order valence-electron chi connectivity index (χ3n) is 3.95. The molecule has 0 aliphatic rings. The second kappa shape index (κ2) is 8.49. The Morgan fingerprint density at radius 3 is 2.40 bits per heavy atom. The number of thiophene rings is 1. The van der Waals surface area contributed by atoms with Crippen LogP contribution >= 0.6 is 11.3 Å². The van der Waals surface area contributed by atoms with Gasteiger partial charge in [-0.3, -0.25) is 4.79 Å². The molecule has 0 aliphatic heterocycles. The molecule has 0 N–H and O–H groups in total. The first kappa shape index (κ1) is 17.2. The maximum absolute atomic E-state index is 12.7. The molecule has 4 heteroatoms. The zero-order valence-electron chi connectivity index (χ0n) is 14.2. The first-order valence-corrected chi connectivity index (χ1v) is 9.22. The summed E-state index contributed by atoms with van der Waals surface area (Å²) in [5.74, 6) is 0.812. The van der Waals surface area contributed by atoms with Crippen LogP contribution in [0.5, 0.6) is 5.75 Å². The van der Waals surface area contributed by atoms with Gasteiger partial charge >= 0.3 is 0 Å². The van der Waals surface area contributed by atoms with Crippen molar-refractivity contribution in [1.29, 1.82) is 0 Å². The Bertz CT molecular complexity index is 783. The van der Waals surface area contributed by atoms with Gasteiger partial charge in [-0.05, 0) is 48.2 Å². The fourth-order valence-electron chi connectivity index (χ4n) is 2.54. The highest BCUT2D eigenvalue weighted by Crippen LogP contribution is 2.18. The van der Waals surface area contributed by atoms with Crippen molar-refractivity contribution in [1.82, 2.24) is 4.90 Å². The van der Waals surface area contributed by atoms with E-state index < -0.39 is 0 Å². The van der Waals surface area contributed by atoms with E-state index in [0.29, 0.717) is 25.3 Å². The molecule has 3 nitrogen and oxygen atoms in total. The summed E-state index contributed by atoms with van der Waals surface area (Å²) in [5.41, 5.74) is 1.81. The zero-order chi connectivity index (χ0) is 17.5. The van der Waals surface area contributed by atoms with Crippen LogP contribution in [0.2, 0.25) is 0 Å². The van der Waals surface area contributed by atoms with Gasteiger partial charge in [-0.1, -0.05) is 36.4 Å². The van der Waals surface area contributed by atoms with E-state index >= 15 is 0 Å². The number of nitrogens with zero attached hydrogens (tertiary/aromatic N) is 1. The smallest absolute Gasteiger partial charge is 0.254 e. The second-order valence-electron chi connectivity index (χ2n) is 5.70. The molecular weight excluding hydrogens is 330 g/mol. The minimum absolute atomic E-state index is 0.0468. The van der Waals surface area contributed by atoms with Gasteiger partial charge in [0.15, 0.2) is 0 Å². The second-order valence-corrected chi connectivity index (χ2v) is 6.73. The average molecular weight is 351 g/mol. The molecule has 0 saturated carbocycles. The van der Waals surface area contributed by atoms with E-state index in [4.69, 9.17) is 4.74 Å². The van der Waals surface area contributed by atoms with Gasteiger partial charge < -0.3 is 9.64 Å². The molecule has 1 heterocycles. The van der Waals surface area contributed by atoms with Gasteiger partial charge in [-0.15, -0.1) is 11.3 Å². The molecule has 0 atom stereocenters. The predicted molar refractivity (Wildman–Crippen MR) is 102 cm³/mol. The third kappa shape index (κ3) is 4.70. The molecule has 0 aliphatic carbocycles. The molecule has 0 spiro atoms. The van der Waals surface area contributed by atoms with Crippen molar-refractivity contribution in [3.8, 4) is 5.75 Å². The average Bonchev–Trinajstić information content (AvgIpc) is 3.18. The number of hydrogen-bond donors (Lipinski definition) is 0. The molecule has 0 fully saturated rings. The molecule has 25 heavy (non-hydrogen) atoms. The molecule has 0 radical (unpaired) electrons. The molecular formula is C21H21NO2S. The van der Waals surface area contributed by atoms with Gasteiger partial charge in [0.05, 0.1) is 6.54 Å². The number of hydrogen-bond acceptors (Lipinski definition) is 3. The van der Waals surface area contributed by atoms with Crippen LogP contribution in [-0.4, -0.2) is 17.4 Å². The van der Waals surface area contributed by atoms with E-state index in [1.54, 1.807) is 11.3 Å². The van der Waals surface area contributed by atoms with Crippen LogP contribution in [0.3, 0.4) is 0 Å². The lowest BCUT2D eigenvalue weighted by Crippen LogP contribution is -2.29. The Morgan fingerprint density at radius 2 is 1.76 bits per heavy atom. The van der Waals surface area contributed by atoms with E-state index in [-0.39, 0.29) is 5.91 Å².